The van der Waals surface area contributed by atoms with E-state index >= 15 is 0 Å². The van der Waals surface area contributed by atoms with E-state index in [2.05, 4.69) is 10.3 Å². The molecule has 0 fully saturated rings. The number of rotatable bonds is 4. The van der Waals surface area contributed by atoms with Gasteiger partial charge < -0.3 is 10.1 Å². The summed E-state index contributed by atoms with van der Waals surface area (Å²) >= 11 is 0. The van der Waals surface area contributed by atoms with Crippen molar-refractivity contribution in [1.82, 2.24) is 4.98 Å². The molecule has 1 aromatic heterocycles. The summed E-state index contributed by atoms with van der Waals surface area (Å²) in [7, 11) is 1.64. The molecule has 0 bridgehead atoms. The van der Waals surface area contributed by atoms with Crippen LogP contribution in [0.5, 0.6) is 5.75 Å². The van der Waals surface area contributed by atoms with Crippen LogP contribution in [0.25, 0.3) is 11.1 Å². The van der Waals surface area contributed by atoms with Gasteiger partial charge in [-0.1, -0.05) is 24.3 Å². The third-order valence-electron chi connectivity index (χ3n) is 3.47. The second kappa shape index (κ2) is 6.75. The average molecular weight is 304 g/mol. The van der Waals surface area contributed by atoms with Crippen LogP contribution in [0.2, 0.25) is 0 Å². The topological polar surface area (TPSA) is 51.2 Å². The summed E-state index contributed by atoms with van der Waals surface area (Å²) in [5.41, 5.74) is 3.28. The highest BCUT2D eigenvalue weighted by Gasteiger charge is 2.08. The molecule has 3 rings (SSSR count). The first-order valence-electron chi connectivity index (χ1n) is 7.22. The molecule has 0 aliphatic heterocycles. The number of nitrogens with one attached hydrogen (secondary N) is 1. The van der Waals surface area contributed by atoms with E-state index in [1.54, 1.807) is 37.7 Å². The quantitative estimate of drug-likeness (QED) is 0.792. The Morgan fingerprint density at radius 3 is 2.52 bits per heavy atom. The molecule has 2 aromatic carbocycles. The summed E-state index contributed by atoms with van der Waals surface area (Å²) in [6, 6.07) is 18.8. The highest BCUT2D eigenvalue weighted by atomic mass is 16.5. The predicted octanol–water partition coefficient (Wildman–Crippen LogP) is 4.01. The van der Waals surface area contributed by atoms with Gasteiger partial charge in [0, 0.05) is 11.8 Å². The molecule has 0 saturated heterocycles. The minimum absolute atomic E-state index is 0.159. The maximum absolute atomic E-state index is 12.3. The minimum Gasteiger partial charge on any atom is -0.497 e. The van der Waals surface area contributed by atoms with Crippen molar-refractivity contribution in [3.8, 4) is 16.9 Å². The summed E-state index contributed by atoms with van der Waals surface area (Å²) in [5.74, 6) is 0.646. The highest BCUT2D eigenvalue weighted by Crippen LogP contribution is 2.23. The molecule has 4 heteroatoms. The summed E-state index contributed by atoms with van der Waals surface area (Å²) in [4.78, 5) is 16.3. The number of ether oxygens (including phenoxy) is 1. The molecular formula is C19H16N2O2. The van der Waals surface area contributed by atoms with Crippen LogP contribution in [0.4, 0.5) is 5.69 Å². The van der Waals surface area contributed by atoms with Crippen molar-refractivity contribution in [2.75, 3.05) is 12.4 Å². The van der Waals surface area contributed by atoms with Crippen LogP contribution in [0.1, 0.15) is 10.4 Å². The molecule has 1 N–H and O–H groups in total. The molecular weight excluding hydrogens is 288 g/mol. The van der Waals surface area contributed by atoms with Gasteiger partial charge in [-0.3, -0.25) is 9.78 Å². The number of amides is 1. The second-order valence-electron chi connectivity index (χ2n) is 5.01. The van der Waals surface area contributed by atoms with Gasteiger partial charge in [-0.05, 0) is 47.5 Å². The fourth-order valence-corrected chi connectivity index (χ4v) is 2.26. The van der Waals surface area contributed by atoms with E-state index < -0.39 is 0 Å². The fraction of sp³-hybridized carbons (Fsp3) is 0.0526. The summed E-state index contributed by atoms with van der Waals surface area (Å²) in [6.45, 7) is 0. The number of benzene rings is 2. The minimum atomic E-state index is -0.159. The smallest absolute Gasteiger partial charge is 0.255 e. The van der Waals surface area contributed by atoms with Crippen molar-refractivity contribution in [1.29, 1.82) is 0 Å². The molecule has 0 radical (unpaired) electrons. The van der Waals surface area contributed by atoms with Gasteiger partial charge in [-0.2, -0.15) is 0 Å². The molecule has 0 spiro atoms. The number of pyridine rings is 1. The SMILES string of the molecule is COc1ccc(-c2cccc(C(=O)Nc3cccnc3)c2)cc1. The molecule has 1 heterocycles. The van der Waals surface area contributed by atoms with Crippen molar-refractivity contribution in [3.05, 3.63) is 78.6 Å². The van der Waals surface area contributed by atoms with E-state index in [0.717, 1.165) is 16.9 Å². The van der Waals surface area contributed by atoms with Crippen molar-refractivity contribution in [2.24, 2.45) is 0 Å². The Bertz CT molecular complexity index is 799. The maximum Gasteiger partial charge on any atom is 0.255 e. The molecule has 114 valence electrons. The fourth-order valence-electron chi connectivity index (χ4n) is 2.26. The molecule has 0 aliphatic carbocycles. The molecule has 23 heavy (non-hydrogen) atoms. The molecule has 0 atom stereocenters. The molecule has 1 amide bonds. The standard InChI is InChI=1S/C19H16N2O2/c1-23-18-9-7-14(8-10-18)15-4-2-5-16(12-15)19(22)21-17-6-3-11-20-13-17/h2-13H,1H3,(H,21,22). The van der Waals surface area contributed by atoms with Crippen LogP contribution in [0.3, 0.4) is 0 Å². The number of nitrogens with zero attached hydrogens (tertiary/aromatic N) is 1. The van der Waals surface area contributed by atoms with E-state index in [9.17, 15) is 4.79 Å². The molecule has 0 unspecified atom stereocenters. The highest BCUT2D eigenvalue weighted by molar-refractivity contribution is 6.04. The number of carbonyl (C=O) groups is 1. The number of methoxy groups -OCH3 is 1. The number of carbonyl (C=O) groups excluding carboxylic acids is 1. The van der Waals surface area contributed by atoms with E-state index in [1.807, 2.05) is 42.5 Å². The zero-order valence-electron chi connectivity index (χ0n) is 12.7. The van der Waals surface area contributed by atoms with Gasteiger partial charge in [0.2, 0.25) is 0 Å². The van der Waals surface area contributed by atoms with Crippen LogP contribution < -0.4 is 10.1 Å². The largest absolute Gasteiger partial charge is 0.497 e. The van der Waals surface area contributed by atoms with Crippen LogP contribution in [-0.2, 0) is 0 Å². The molecule has 3 aromatic rings. The first kappa shape index (κ1) is 14.8. The molecule has 4 nitrogen and oxygen atoms in total. The normalized spacial score (nSPS) is 10.1. The van der Waals surface area contributed by atoms with Crippen LogP contribution >= 0.6 is 0 Å². The summed E-state index contributed by atoms with van der Waals surface area (Å²) in [5, 5.41) is 2.83. The summed E-state index contributed by atoms with van der Waals surface area (Å²) in [6.07, 6.45) is 3.28. The van der Waals surface area contributed by atoms with Crippen molar-refractivity contribution < 1.29 is 9.53 Å². The Hall–Kier alpha value is -3.14. The van der Waals surface area contributed by atoms with Crippen LogP contribution in [0.15, 0.2) is 73.1 Å². The van der Waals surface area contributed by atoms with Gasteiger partial charge in [0.25, 0.3) is 5.91 Å². The van der Waals surface area contributed by atoms with Gasteiger partial charge in [-0.25, -0.2) is 0 Å². The zero-order chi connectivity index (χ0) is 16.1. The predicted molar refractivity (Wildman–Crippen MR) is 90.6 cm³/mol. The van der Waals surface area contributed by atoms with Gasteiger partial charge in [-0.15, -0.1) is 0 Å². The molecule has 0 saturated carbocycles. The average Bonchev–Trinajstić information content (AvgIpc) is 2.63. The Morgan fingerprint density at radius 2 is 1.83 bits per heavy atom. The Morgan fingerprint density at radius 1 is 1.00 bits per heavy atom. The van der Waals surface area contributed by atoms with Crippen molar-refractivity contribution >= 4 is 11.6 Å². The van der Waals surface area contributed by atoms with E-state index in [-0.39, 0.29) is 5.91 Å². The van der Waals surface area contributed by atoms with E-state index in [4.69, 9.17) is 4.74 Å². The van der Waals surface area contributed by atoms with Crippen LogP contribution in [-0.4, -0.2) is 18.0 Å². The van der Waals surface area contributed by atoms with E-state index in [1.165, 1.54) is 0 Å². The second-order valence-corrected chi connectivity index (χ2v) is 5.01. The third-order valence-corrected chi connectivity index (χ3v) is 3.47. The number of hydrogen-bond donors (Lipinski definition) is 1. The van der Waals surface area contributed by atoms with Crippen molar-refractivity contribution in [2.45, 2.75) is 0 Å². The lowest BCUT2D eigenvalue weighted by Gasteiger charge is -2.08. The lowest BCUT2D eigenvalue weighted by molar-refractivity contribution is 0.102. The Labute approximate surface area is 134 Å². The van der Waals surface area contributed by atoms with Crippen molar-refractivity contribution in [3.63, 3.8) is 0 Å². The van der Waals surface area contributed by atoms with Gasteiger partial charge in [0.1, 0.15) is 5.75 Å². The van der Waals surface area contributed by atoms with E-state index in [0.29, 0.717) is 11.3 Å². The lowest BCUT2D eigenvalue weighted by Crippen LogP contribution is -2.11. The first-order valence-corrected chi connectivity index (χ1v) is 7.22. The lowest BCUT2D eigenvalue weighted by atomic mass is 10.0. The number of anilines is 1. The van der Waals surface area contributed by atoms with Gasteiger partial charge >= 0.3 is 0 Å². The third kappa shape index (κ3) is 3.55. The number of hydrogen-bond acceptors (Lipinski definition) is 3. The van der Waals surface area contributed by atoms with Gasteiger partial charge in [0.05, 0.1) is 19.0 Å². The Balaban J connectivity index is 1.82. The maximum atomic E-state index is 12.3. The zero-order valence-corrected chi connectivity index (χ0v) is 12.7. The van der Waals surface area contributed by atoms with Crippen LogP contribution in [0, 0.1) is 0 Å². The molecule has 0 aliphatic rings. The monoisotopic (exact) mass is 304 g/mol. The summed E-state index contributed by atoms with van der Waals surface area (Å²) < 4.78 is 5.16. The first-order chi connectivity index (χ1) is 11.3. The van der Waals surface area contributed by atoms with Gasteiger partial charge in [0.15, 0.2) is 0 Å². The Kier molecular flexibility index (Phi) is 4.34. The number of aromatic nitrogens is 1.